The first kappa shape index (κ1) is 25.7. The van der Waals surface area contributed by atoms with Crippen LogP contribution in [0.4, 0.5) is 0 Å². The first-order valence-electron chi connectivity index (χ1n) is 12.8. The van der Waals surface area contributed by atoms with Crippen LogP contribution < -0.4 is 4.74 Å². The van der Waals surface area contributed by atoms with Crippen LogP contribution in [0.2, 0.25) is 0 Å². The van der Waals surface area contributed by atoms with Crippen molar-refractivity contribution in [3.63, 3.8) is 0 Å². The second-order valence-corrected chi connectivity index (χ2v) is 11.2. The zero-order valence-corrected chi connectivity index (χ0v) is 20.9. The Bertz CT molecular complexity index is 809. The molecule has 3 rings (SSSR count). The van der Waals surface area contributed by atoms with Crippen molar-refractivity contribution in [3.05, 3.63) is 29.3 Å². The summed E-state index contributed by atoms with van der Waals surface area (Å²) in [5.74, 6) is 1.73. The van der Waals surface area contributed by atoms with Gasteiger partial charge in [0, 0.05) is 12.8 Å². The Morgan fingerprint density at radius 3 is 2.64 bits per heavy atom. The van der Waals surface area contributed by atoms with Gasteiger partial charge in [0.15, 0.2) is 6.61 Å². The van der Waals surface area contributed by atoms with E-state index in [0.29, 0.717) is 37.1 Å². The molecule has 0 amide bonds. The van der Waals surface area contributed by atoms with E-state index in [0.717, 1.165) is 56.3 Å². The van der Waals surface area contributed by atoms with Gasteiger partial charge in [-0.05, 0) is 72.5 Å². The highest BCUT2D eigenvalue weighted by molar-refractivity contribution is 5.78. The standard InChI is InChI=1S/C28H42O5/c1-5-6-7-10-21(29)12-13-22-23-14-19-9-8-11-26(24(19)15-20(23)16-25(22)30)32-17-27(31)33-18-28(2,3)4/h8-9,11,20,22-23,25,30H,5-7,10,12-18H2,1-4H3/t20-,22+,23-,25+/m0/s1. The lowest BCUT2D eigenvalue weighted by Crippen LogP contribution is -2.28. The first-order valence-corrected chi connectivity index (χ1v) is 12.8. The summed E-state index contributed by atoms with van der Waals surface area (Å²) in [4.78, 5) is 24.4. The molecule has 2 aliphatic carbocycles. The number of unbranched alkanes of at least 4 members (excludes halogenated alkanes) is 2. The molecule has 2 aliphatic rings. The molecule has 1 aromatic rings. The van der Waals surface area contributed by atoms with Crippen LogP contribution >= 0.6 is 0 Å². The molecule has 0 unspecified atom stereocenters. The number of hydrogen-bond donors (Lipinski definition) is 1. The second kappa shape index (κ2) is 11.5. The fourth-order valence-electron chi connectivity index (χ4n) is 5.44. The highest BCUT2D eigenvalue weighted by atomic mass is 16.6. The molecule has 1 aromatic carbocycles. The van der Waals surface area contributed by atoms with E-state index in [2.05, 4.69) is 13.0 Å². The summed E-state index contributed by atoms with van der Waals surface area (Å²) in [5, 5.41) is 10.8. The summed E-state index contributed by atoms with van der Waals surface area (Å²) in [6.07, 6.45) is 7.46. The van der Waals surface area contributed by atoms with Crippen LogP contribution in [0, 0.1) is 23.2 Å². The lowest BCUT2D eigenvalue weighted by molar-refractivity contribution is -0.148. The number of aliphatic hydroxyl groups is 1. The smallest absolute Gasteiger partial charge is 0.344 e. The van der Waals surface area contributed by atoms with Gasteiger partial charge in [0.2, 0.25) is 0 Å². The summed E-state index contributed by atoms with van der Waals surface area (Å²) in [7, 11) is 0. The number of ketones is 1. The minimum atomic E-state index is -0.351. The minimum absolute atomic E-state index is 0.0729. The van der Waals surface area contributed by atoms with Crippen molar-refractivity contribution in [3.8, 4) is 5.75 Å². The largest absolute Gasteiger partial charge is 0.482 e. The van der Waals surface area contributed by atoms with Gasteiger partial charge in [-0.15, -0.1) is 0 Å². The van der Waals surface area contributed by atoms with E-state index in [9.17, 15) is 14.7 Å². The maximum atomic E-state index is 12.3. The summed E-state index contributed by atoms with van der Waals surface area (Å²) in [5.41, 5.74) is 2.33. The Hall–Kier alpha value is -1.88. The zero-order chi connectivity index (χ0) is 24.0. The Morgan fingerprint density at radius 2 is 1.91 bits per heavy atom. The molecule has 0 aliphatic heterocycles. The fourth-order valence-corrected chi connectivity index (χ4v) is 5.44. The molecule has 0 bridgehead atoms. The zero-order valence-electron chi connectivity index (χ0n) is 20.9. The maximum Gasteiger partial charge on any atom is 0.344 e. The van der Waals surface area contributed by atoms with Gasteiger partial charge in [-0.25, -0.2) is 4.79 Å². The van der Waals surface area contributed by atoms with Crippen molar-refractivity contribution in [2.45, 2.75) is 91.6 Å². The number of esters is 1. The third-order valence-corrected chi connectivity index (χ3v) is 7.17. The maximum absolute atomic E-state index is 12.3. The third kappa shape index (κ3) is 7.30. The predicted molar refractivity (Wildman–Crippen MR) is 129 cm³/mol. The highest BCUT2D eigenvalue weighted by Gasteiger charge is 2.44. The summed E-state index contributed by atoms with van der Waals surface area (Å²) < 4.78 is 11.2. The van der Waals surface area contributed by atoms with Crippen molar-refractivity contribution in [1.82, 2.24) is 0 Å². The van der Waals surface area contributed by atoms with Crippen molar-refractivity contribution in [2.24, 2.45) is 23.2 Å². The van der Waals surface area contributed by atoms with Crippen LogP contribution in [0.5, 0.6) is 5.75 Å². The van der Waals surface area contributed by atoms with Crippen molar-refractivity contribution in [1.29, 1.82) is 0 Å². The Balaban J connectivity index is 1.58. The molecular weight excluding hydrogens is 416 g/mol. The predicted octanol–water partition coefficient (Wildman–Crippen LogP) is 5.30. The second-order valence-electron chi connectivity index (χ2n) is 11.2. The molecule has 4 atom stereocenters. The monoisotopic (exact) mass is 458 g/mol. The number of fused-ring (bicyclic) bond motifs is 2. The van der Waals surface area contributed by atoms with Crippen molar-refractivity contribution >= 4 is 11.8 Å². The Morgan fingerprint density at radius 1 is 1.12 bits per heavy atom. The highest BCUT2D eigenvalue weighted by Crippen LogP contribution is 2.48. The van der Waals surface area contributed by atoms with Gasteiger partial charge >= 0.3 is 5.97 Å². The Kier molecular flexibility index (Phi) is 8.97. The van der Waals surface area contributed by atoms with Gasteiger partial charge in [-0.1, -0.05) is 52.7 Å². The number of rotatable bonds is 11. The average Bonchev–Trinajstić information content (AvgIpc) is 3.06. The van der Waals surface area contributed by atoms with Crippen LogP contribution in [0.15, 0.2) is 18.2 Å². The average molecular weight is 459 g/mol. The molecule has 184 valence electrons. The molecule has 1 saturated carbocycles. The van der Waals surface area contributed by atoms with Crippen LogP contribution in [0.3, 0.4) is 0 Å². The van der Waals surface area contributed by atoms with Gasteiger partial charge < -0.3 is 14.6 Å². The fraction of sp³-hybridized carbons (Fsp3) is 0.714. The van der Waals surface area contributed by atoms with Gasteiger partial charge in [0.1, 0.15) is 11.5 Å². The molecule has 5 nitrogen and oxygen atoms in total. The van der Waals surface area contributed by atoms with E-state index < -0.39 is 0 Å². The van der Waals surface area contributed by atoms with Gasteiger partial charge in [0.25, 0.3) is 0 Å². The SMILES string of the molecule is CCCCCC(=O)CC[C@@H]1[C@H]2Cc3cccc(OCC(=O)OCC(C)(C)C)c3C[C@H]2C[C@H]1O. The molecule has 33 heavy (non-hydrogen) atoms. The molecule has 0 heterocycles. The minimum Gasteiger partial charge on any atom is -0.482 e. The van der Waals surface area contributed by atoms with Crippen LogP contribution in [0.1, 0.15) is 83.8 Å². The molecule has 0 saturated heterocycles. The number of carbonyl (C=O) groups is 2. The number of carbonyl (C=O) groups excluding carboxylic acids is 2. The van der Waals surface area contributed by atoms with Crippen LogP contribution in [0.25, 0.3) is 0 Å². The van der Waals surface area contributed by atoms with Crippen LogP contribution in [-0.4, -0.2) is 36.2 Å². The number of hydrogen-bond acceptors (Lipinski definition) is 5. The van der Waals surface area contributed by atoms with Gasteiger partial charge in [0.05, 0.1) is 12.7 Å². The third-order valence-electron chi connectivity index (χ3n) is 7.17. The molecule has 1 N–H and O–H groups in total. The van der Waals surface area contributed by atoms with E-state index in [1.165, 1.54) is 5.56 Å². The first-order chi connectivity index (χ1) is 15.7. The lowest BCUT2D eigenvalue weighted by Gasteiger charge is -2.32. The molecule has 1 fully saturated rings. The van der Waals surface area contributed by atoms with E-state index in [4.69, 9.17) is 9.47 Å². The van der Waals surface area contributed by atoms with E-state index in [-0.39, 0.29) is 30.0 Å². The Labute approximate surface area is 199 Å². The number of Topliss-reactive ketones (excluding diaryl/α,β-unsaturated/α-hetero) is 1. The van der Waals surface area contributed by atoms with E-state index in [1.54, 1.807) is 0 Å². The summed E-state index contributed by atoms with van der Waals surface area (Å²) in [6, 6.07) is 6.04. The topological polar surface area (TPSA) is 72.8 Å². The van der Waals surface area contributed by atoms with E-state index in [1.807, 2.05) is 32.9 Å². The van der Waals surface area contributed by atoms with Crippen molar-refractivity contribution in [2.75, 3.05) is 13.2 Å². The molecular formula is C28H42O5. The van der Waals surface area contributed by atoms with Crippen molar-refractivity contribution < 1.29 is 24.2 Å². The lowest BCUT2D eigenvalue weighted by atomic mass is 9.73. The quantitative estimate of drug-likeness (QED) is 0.360. The summed E-state index contributed by atoms with van der Waals surface area (Å²) >= 11 is 0. The van der Waals surface area contributed by atoms with Gasteiger partial charge in [-0.3, -0.25) is 4.79 Å². The molecule has 0 aromatic heterocycles. The molecule has 0 radical (unpaired) electrons. The normalized spacial score (nSPS) is 24.2. The molecule has 5 heteroatoms. The number of ether oxygens (including phenoxy) is 2. The van der Waals surface area contributed by atoms with Gasteiger partial charge in [-0.2, -0.15) is 0 Å². The number of benzene rings is 1. The van der Waals surface area contributed by atoms with E-state index >= 15 is 0 Å². The molecule has 0 spiro atoms. The summed E-state index contributed by atoms with van der Waals surface area (Å²) in [6.45, 7) is 8.50. The van der Waals surface area contributed by atoms with Crippen LogP contribution in [-0.2, 0) is 27.2 Å². The number of aliphatic hydroxyl groups excluding tert-OH is 1.